The summed E-state index contributed by atoms with van der Waals surface area (Å²) >= 11 is 0. The lowest BCUT2D eigenvalue weighted by molar-refractivity contribution is 0.195. The first kappa shape index (κ1) is 13.4. The molecular formula is C15H21N3O2. The number of nitrogens with zero attached hydrogens (tertiary/aromatic N) is 3. The van der Waals surface area contributed by atoms with Crippen molar-refractivity contribution in [3.63, 3.8) is 0 Å². The summed E-state index contributed by atoms with van der Waals surface area (Å²) in [6.07, 6.45) is 5.07. The third-order valence-electron chi connectivity index (χ3n) is 3.44. The lowest BCUT2D eigenvalue weighted by atomic mass is 10.1. The van der Waals surface area contributed by atoms with E-state index in [2.05, 4.69) is 28.9 Å². The Labute approximate surface area is 119 Å². The molecule has 0 unspecified atom stereocenters. The van der Waals surface area contributed by atoms with Crippen LogP contribution in [-0.4, -0.2) is 21.1 Å². The molecule has 0 spiro atoms. The summed E-state index contributed by atoms with van der Waals surface area (Å²) in [5, 5.41) is 4.05. The fraction of sp³-hybridized carbons (Fsp3) is 0.600. The van der Waals surface area contributed by atoms with Crippen molar-refractivity contribution < 1.29 is 8.94 Å². The van der Waals surface area contributed by atoms with Crippen LogP contribution in [0.5, 0.6) is 0 Å². The van der Waals surface area contributed by atoms with Gasteiger partial charge in [0, 0.05) is 12.5 Å². The zero-order valence-corrected chi connectivity index (χ0v) is 12.1. The van der Waals surface area contributed by atoms with Gasteiger partial charge in [-0.3, -0.25) is 4.90 Å². The van der Waals surface area contributed by atoms with Gasteiger partial charge in [-0.25, -0.2) is 0 Å². The highest BCUT2D eigenvalue weighted by molar-refractivity contribution is 5.00. The van der Waals surface area contributed by atoms with E-state index in [0.29, 0.717) is 24.4 Å². The van der Waals surface area contributed by atoms with Gasteiger partial charge in [-0.1, -0.05) is 19.0 Å². The van der Waals surface area contributed by atoms with Crippen molar-refractivity contribution in [2.24, 2.45) is 5.92 Å². The minimum absolute atomic E-state index is 0.545. The molecule has 0 saturated heterocycles. The summed E-state index contributed by atoms with van der Waals surface area (Å²) in [4.78, 5) is 6.83. The Hall–Kier alpha value is -1.62. The molecule has 5 nitrogen and oxygen atoms in total. The van der Waals surface area contributed by atoms with E-state index in [0.717, 1.165) is 24.6 Å². The highest BCUT2D eigenvalue weighted by atomic mass is 16.5. The summed E-state index contributed by atoms with van der Waals surface area (Å²) in [6, 6.07) is 4.56. The van der Waals surface area contributed by atoms with Gasteiger partial charge in [0.15, 0.2) is 5.82 Å². The number of hydrogen-bond donors (Lipinski definition) is 0. The van der Waals surface area contributed by atoms with Gasteiger partial charge >= 0.3 is 0 Å². The first-order valence-corrected chi connectivity index (χ1v) is 7.28. The lowest BCUT2D eigenvalue weighted by Crippen LogP contribution is -2.25. The third kappa shape index (κ3) is 3.48. The Bertz CT molecular complexity index is 529. The maximum Gasteiger partial charge on any atom is 0.240 e. The monoisotopic (exact) mass is 275 g/mol. The van der Waals surface area contributed by atoms with Crippen LogP contribution < -0.4 is 0 Å². The average Bonchev–Trinajstić information content (AvgIpc) is 2.95. The van der Waals surface area contributed by atoms with Gasteiger partial charge in [0.05, 0.1) is 19.4 Å². The maximum atomic E-state index is 5.43. The molecule has 0 N–H and O–H groups in total. The normalized spacial score (nSPS) is 15.4. The molecule has 2 heterocycles. The minimum Gasteiger partial charge on any atom is -0.468 e. The number of aromatic nitrogens is 2. The standard InChI is InChI=1S/C15H21N3O2/c1-11(2)8-14-16-15(20-17-14)10-18(12-5-6-12)9-13-4-3-7-19-13/h3-4,7,11-12H,5-6,8-10H2,1-2H3. The summed E-state index contributed by atoms with van der Waals surface area (Å²) in [5.74, 6) is 3.05. The molecule has 0 radical (unpaired) electrons. The molecule has 0 aromatic carbocycles. The second-order valence-electron chi connectivity index (χ2n) is 5.92. The Morgan fingerprint density at radius 2 is 2.20 bits per heavy atom. The molecule has 0 atom stereocenters. The lowest BCUT2D eigenvalue weighted by Gasteiger charge is -2.18. The zero-order valence-electron chi connectivity index (χ0n) is 12.1. The van der Waals surface area contributed by atoms with Crippen molar-refractivity contribution in [2.75, 3.05) is 0 Å². The van der Waals surface area contributed by atoms with Crippen LogP contribution in [0.3, 0.4) is 0 Å². The summed E-state index contributed by atoms with van der Waals surface area (Å²) in [5.41, 5.74) is 0. The van der Waals surface area contributed by atoms with Crippen LogP contribution in [0.25, 0.3) is 0 Å². The molecular weight excluding hydrogens is 254 g/mol. The van der Waals surface area contributed by atoms with Gasteiger partial charge in [0.25, 0.3) is 0 Å². The first-order valence-electron chi connectivity index (χ1n) is 7.28. The smallest absolute Gasteiger partial charge is 0.240 e. The minimum atomic E-state index is 0.545. The van der Waals surface area contributed by atoms with Crippen LogP contribution in [-0.2, 0) is 19.5 Å². The fourth-order valence-electron chi connectivity index (χ4n) is 2.33. The summed E-state index contributed by atoms with van der Waals surface area (Å²) in [7, 11) is 0. The number of hydrogen-bond acceptors (Lipinski definition) is 5. The second kappa shape index (κ2) is 5.79. The van der Waals surface area contributed by atoms with E-state index in [4.69, 9.17) is 8.94 Å². The molecule has 3 rings (SSSR count). The predicted octanol–water partition coefficient (Wildman–Crippen LogP) is 3.03. The fourth-order valence-corrected chi connectivity index (χ4v) is 2.33. The molecule has 1 fully saturated rings. The predicted molar refractivity (Wildman–Crippen MR) is 73.8 cm³/mol. The molecule has 2 aromatic rings. The van der Waals surface area contributed by atoms with Gasteiger partial charge in [-0.05, 0) is 30.9 Å². The Balaban J connectivity index is 1.62. The van der Waals surface area contributed by atoms with Crippen molar-refractivity contribution in [3.8, 4) is 0 Å². The molecule has 1 saturated carbocycles. The van der Waals surface area contributed by atoms with E-state index in [-0.39, 0.29) is 0 Å². The van der Waals surface area contributed by atoms with Gasteiger partial charge in [0.2, 0.25) is 5.89 Å². The van der Waals surface area contributed by atoms with Gasteiger partial charge < -0.3 is 8.94 Å². The van der Waals surface area contributed by atoms with Crippen LogP contribution in [0.2, 0.25) is 0 Å². The molecule has 108 valence electrons. The summed E-state index contributed by atoms with van der Waals surface area (Å²) < 4.78 is 10.8. The van der Waals surface area contributed by atoms with E-state index in [1.165, 1.54) is 12.8 Å². The van der Waals surface area contributed by atoms with Gasteiger partial charge in [-0.2, -0.15) is 4.98 Å². The van der Waals surface area contributed by atoms with Crippen LogP contribution in [0.15, 0.2) is 27.3 Å². The van der Waals surface area contributed by atoms with Crippen molar-refractivity contribution in [1.29, 1.82) is 0 Å². The van der Waals surface area contributed by atoms with E-state index in [1.54, 1.807) is 6.26 Å². The van der Waals surface area contributed by atoms with Crippen LogP contribution in [0.4, 0.5) is 0 Å². The zero-order chi connectivity index (χ0) is 13.9. The van der Waals surface area contributed by atoms with Crippen LogP contribution in [0.1, 0.15) is 44.2 Å². The molecule has 20 heavy (non-hydrogen) atoms. The van der Waals surface area contributed by atoms with E-state index >= 15 is 0 Å². The summed E-state index contributed by atoms with van der Waals surface area (Å²) in [6.45, 7) is 5.82. The van der Waals surface area contributed by atoms with Crippen molar-refractivity contribution in [3.05, 3.63) is 35.9 Å². The third-order valence-corrected chi connectivity index (χ3v) is 3.44. The molecule has 5 heteroatoms. The first-order chi connectivity index (χ1) is 9.70. The van der Waals surface area contributed by atoms with Crippen LogP contribution in [0, 0.1) is 5.92 Å². The second-order valence-corrected chi connectivity index (χ2v) is 5.92. The molecule has 0 aliphatic heterocycles. The van der Waals surface area contributed by atoms with Crippen molar-refractivity contribution in [2.45, 2.75) is 52.2 Å². The van der Waals surface area contributed by atoms with Crippen molar-refractivity contribution in [1.82, 2.24) is 15.0 Å². The number of furan rings is 1. The van der Waals surface area contributed by atoms with Gasteiger partial charge in [-0.15, -0.1) is 0 Å². The molecule has 0 bridgehead atoms. The largest absolute Gasteiger partial charge is 0.468 e. The Morgan fingerprint density at radius 1 is 1.35 bits per heavy atom. The molecule has 2 aromatic heterocycles. The van der Waals surface area contributed by atoms with E-state index < -0.39 is 0 Å². The van der Waals surface area contributed by atoms with E-state index in [9.17, 15) is 0 Å². The molecule has 1 aliphatic rings. The molecule has 0 amide bonds. The highest BCUT2D eigenvalue weighted by Gasteiger charge is 2.30. The van der Waals surface area contributed by atoms with E-state index in [1.807, 2.05) is 12.1 Å². The Morgan fingerprint density at radius 3 is 2.85 bits per heavy atom. The van der Waals surface area contributed by atoms with Crippen molar-refractivity contribution >= 4 is 0 Å². The topological polar surface area (TPSA) is 55.3 Å². The SMILES string of the molecule is CC(C)Cc1noc(CN(Cc2ccco2)C2CC2)n1. The number of rotatable bonds is 7. The Kier molecular flexibility index (Phi) is 3.87. The highest BCUT2D eigenvalue weighted by Crippen LogP contribution is 2.29. The average molecular weight is 275 g/mol. The van der Waals surface area contributed by atoms with Gasteiger partial charge in [0.1, 0.15) is 5.76 Å². The molecule has 1 aliphatic carbocycles. The quantitative estimate of drug-likeness (QED) is 0.777. The van der Waals surface area contributed by atoms with Crippen LogP contribution >= 0.6 is 0 Å². The maximum absolute atomic E-state index is 5.43.